The first-order valence-corrected chi connectivity index (χ1v) is 12.5. The lowest BCUT2D eigenvalue weighted by molar-refractivity contribution is 0.0341. The van der Waals surface area contributed by atoms with Crippen molar-refractivity contribution in [3.05, 3.63) is 52.9 Å². The lowest BCUT2D eigenvalue weighted by Gasteiger charge is -2.37. The summed E-state index contributed by atoms with van der Waals surface area (Å²) in [7, 11) is 0. The molecule has 4 heterocycles. The molecular formula is C27H29N7O2. The number of aromatic amines is 1. The Balaban J connectivity index is 1.34. The van der Waals surface area contributed by atoms with Crippen LogP contribution in [0.4, 0.5) is 17.3 Å². The lowest BCUT2D eigenvalue weighted by atomic mass is 10.1. The quantitative estimate of drug-likeness (QED) is 0.415. The number of H-pyrrole nitrogens is 1. The molecule has 1 aliphatic carbocycles. The highest BCUT2D eigenvalue weighted by Gasteiger charge is 2.34. The zero-order chi connectivity index (χ0) is 24.8. The van der Waals surface area contributed by atoms with Gasteiger partial charge in [0, 0.05) is 23.8 Å². The molecule has 36 heavy (non-hydrogen) atoms. The molecule has 6 rings (SSSR count). The second kappa shape index (κ2) is 8.95. The summed E-state index contributed by atoms with van der Waals surface area (Å²) < 4.78 is 7.63. The number of nitrogens with one attached hydrogen (secondary N) is 2. The van der Waals surface area contributed by atoms with Gasteiger partial charge in [-0.25, -0.2) is 4.98 Å². The van der Waals surface area contributed by atoms with Crippen LogP contribution < -0.4 is 15.8 Å². The van der Waals surface area contributed by atoms with Crippen molar-refractivity contribution in [3.8, 4) is 6.07 Å². The fraction of sp³-hybridized carbons (Fsp3) is 0.407. The maximum absolute atomic E-state index is 12.8. The maximum atomic E-state index is 12.8. The Morgan fingerprint density at radius 2 is 2.11 bits per heavy atom. The molecule has 0 amide bonds. The molecule has 184 valence electrons. The molecule has 2 aliphatic rings. The summed E-state index contributed by atoms with van der Waals surface area (Å²) in [5, 5.41) is 19.0. The smallest absolute Gasteiger partial charge is 0.261 e. The van der Waals surface area contributed by atoms with Crippen LogP contribution >= 0.6 is 0 Å². The van der Waals surface area contributed by atoms with Crippen LogP contribution in [0.1, 0.15) is 39.2 Å². The van der Waals surface area contributed by atoms with Crippen LogP contribution in [0.25, 0.3) is 21.8 Å². The number of morpholine rings is 1. The van der Waals surface area contributed by atoms with Gasteiger partial charge in [0.05, 0.1) is 48.3 Å². The van der Waals surface area contributed by atoms with Gasteiger partial charge in [-0.3, -0.25) is 9.48 Å². The van der Waals surface area contributed by atoms with Gasteiger partial charge in [-0.1, -0.05) is 0 Å². The van der Waals surface area contributed by atoms with Gasteiger partial charge in [0.1, 0.15) is 11.2 Å². The van der Waals surface area contributed by atoms with Crippen LogP contribution in [0.2, 0.25) is 0 Å². The highest BCUT2D eigenvalue weighted by atomic mass is 16.5. The number of rotatable bonds is 6. The van der Waals surface area contributed by atoms with E-state index in [-0.39, 0.29) is 23.7 Å². The van der Waals surface area contributed by atoms with E-state index in [1.165, 1.54) is 0 Å². The molecule has 2 N–H and O–H groups in total. The summed E-state index contributed by atoms with van der Waals surface area (Å²) in [6.07, 6.45) is 4.36. The van der Waals surface area contributed by atoms with Crippen LogP contribution in [0.3, 0.4) is 0 Å². The monoisotopic (exact) mass is 483 g/mol. The minimum atomic E-state index is -0.200. The second-order valence-electron chi connectivity index (χ2n) is 9.97. The largest absolute Gasteiger partial charge is 0.375 e. The number of hydrogen-bond donors (Lipinski definition) is 2. The molecule has 0 radical (unpaired) electrons. The first kappa shape index (κ1) is 22.6. The molecule has 1 saturated carbocycles. The average Bonchev–Trinajstić information content (AvgIpc) is 3.66. The Morgan fingerprint density at radius 1 is 1.25 bits per heavy atom. The number of hydrogen-bond acceptors (Lipinski definition) is 7. The SMILES string of the molecule is CC1CO[C@@H](C)CN1c1ccc2cc(Nc3nn([C@@H](CC#N)C4CC4)c4cc[nH]c(=O)c34)ccc2n1. The molecule has 3 aromatic heterocycles. The van der Waals surface area contributed by atoms with Gasteiger partial charge in [-0.05, 0) is 69.0 Å². The number of aromatic nitrogens is 4. The Morgan fingerprint density at radius 3 is 2.92 bits per heavy atom. The van der Waals surface area contributed by atoms with Crippen LogP contribution in [0.15, 0.2) is 47.4 Å². The minimum absolute atomic E-state index is 0.0284. The average molecular weight is 484 g/mol. The lowest BCUT2D eigenvalue weighted by Crippen LogP contribution is -2.47. The zero-order valence-electron chi connectivity index (χ0n) is 20.4. The third-order valence-corrected chi connectivity index (χ3v) is 7.25. The van der Waals surface area contributed by atoms with Crippen LogP contribution in [-0.2, 0) is 4.74 Å². The molecule has 3 atom stereocenters. The van der Waals surface area contributed by atoms with E-state index in [0.717, 1.165) is 47.3 Å². The molecule has 4 aromatic rings. The number of benzene rings is 1. The van der Waals surface area contributed by atoms with E-state index in [1.807, 2.05) is 28.9 Å². The zero-order valence-corrected chi connectivity index (χ0v) is 20.4. The van der Waals surface area contributed by atoms with Crippen molar-refractivity contribution in [1.82, 2.24) is 19.7 Å². The fourth-order valence-electron chi connectivity index (χ4n) is 5.18. The van der Waals surface area contributed by atoms with E-state index in [4.69, 9.17) is 14.8 Å². The van der Waals surface area contributed by atoms with Crippen molar-refractivity contribution in [2.24, 2.45) is 5.92 Å². The first-order chi connectivity index (χ1) is 17.5. The van der Waals surface area contributed by atoms with Crippen molar-refractivity contribution in [3.63, 3.8) is 0 Å². The summed E-state index contributed by atoms with van der Waals surface area (Å²) in [4.78, 5) is 22.7. The number of anilines is 3. The van der Waals surface area contributed by atoms with Crippen molar-refractivity contribution in [1.29, 1.82) is 5.26 Å². The Labute approximate surface area is 208 Å². The minimum Gasteiger partial charge on any atom is -0.375 e. The summed E-state index contributed by atoms with van der Waals surface area (Å²) in [6.45, 7) is 5.75. The first-order valence-electron chi connectivity index (χ1n) is 12.5. The molecule has 9 nitrogen and oxygen atoms in total. The van der Waals surface area contributed by atoms with E-state index >= 15 is 0 Å². The van der Waals surface area contributed by atoms with Gasteiger partial charge in [0.2, 0.25) is 0 Å². The standard InChI is InChI=1S/C27H29N7O2/c1-16-15-36-17(2)14-33(16)24-8-5-19-13-20(6-7-21(19)31-24)30-26-25-23(10-12-29-27(25)35)34(32-26)22(9-11-28)18-3-4-18/h5-8,10,12-13,16-18,22H,3-4,9,14-15H2,1-2H3,(H,29,35)(H,30,32)/t16?,17-,22-/m0/s1. The van der Waals surface area contributed by atoms with Gasteiger partial charge in [0.25, 0.3) is 5.56 Å². The highest BCUT2D eigenvalue weighted by molar-refractivity contribution is 5.92. The third-order valence-electron chi connectivity index (χ3n) is 7.25. The summed E-state index contributed by atoms with van der Waals surface area (Å²) in [5.74, 6) is 1.87. The fourth-order valence-corrected chi connectivity index (χ4v) is 5.18. The molecule has 0 spiro atoms. The van der Waals surface area contributed by atoms with Gasteiger partial charge >= 0.3 is 0 Å². The molecule has 0 bridgehead atoms. The van der Waals surface area contributed by atoms with E-state index < -0.39 is 0 Å². The van der Waals surface area contributed by atoms with Crippen molar-refractivity contribution >= 4 is 39.1 Å². The second-order valence-corrected chi connectivity index (χ2v) is 9.97. The van der Waals surface area contributed by atoms with Gasteiger partial charge in [0.15, 0.2) is 5.82 Å². The number of nitrogens with zero attached hydrogens (tertiary/aromatic N) is 5. The molecular weight excluding hydrogens is 454 g/mol. The van der Waals surface area contributed by atoms with E-state index in [0.29, 0.717) is 30.1 Å². The van der Waals surface area contributed by atoms with E-state index in [2.05, 4.69) is 47.3 Å². The predicted molar refractivity (Wildman–Crippen MR) is 140 cm³/mol. The Kier molecular flexibility index (Phi) is 5.61. The summed E-state index contributed by atoms with van der Waals surface area (Å²) in [6, 6.07) is 14.5. The molecule has 9 heteroatoms. The Bertz CT molecular complexity index is 1530. The number of nitriles is 1. The predicted octanol–water partition coefficient (Wildman–Crippen LogP) is 4.49. The van der Waals surface area contributed by atoms with Crippen molar-refractivity contribution in [2.75, 3.05) is 23.4 Å². The third kappa shape index (κ3) is 4.07. The Hall–Kier alpha value is -3.90. The van der Waals surface area contributed by atoms with E-state index in [9.17, 15) is 10.1 Å². The number of fused-ring (bicyclic) bond motifs is 2. The van der Waals surface area contributed by atoms with Crippen molar-refractivity contribution in [2.45, 2.75) is 51.3 Å². The van der Waals surface area contributed by atoms with E-state index in [1.54, 1.807) is 6.20 Å². The normalized spacial score (nSPS) is 21.0. The van der Waals surface area contributed by atoms with Gasteiger partial charge in [-0.15, -0.1) is 0 Å². The maximum Gasteiger partial charge on any atom is 0.261 e. The van der Waals surface area contributed by atoms with Crippen LogP contribution in [0.5, 0.6) is 0 Å². The molecule has 2 fully saturated rings. The number of ether oxygens (including phenoxy) is 1. The number of pyridine rings is 2. The molecule has 1 unspecified atom stereocenters. The topological polar surface area (TPSA) is 112 Å². The summed E-state index contributed by atoms with van der Waals surface area (Å²) >= 11 is 0. The van der Waals surface area contributed by atoms with Crippen molar-refractivity contribution < 1.29 is 4.74 Å². The van der Waals surface area contributed by atoms with Crippen LogP contribution in [-0.4, -0.2) is 45.0 Å². The summed E-state index contributed by atoms with van der Waals surface area (Å²) in [5.41, 5.74) is 2.27. The molecule has 1 aromatic carbocycles. The molecule has 1 aliphatic heterocycles. The van der Waals surface area contributed by atoms with Crippen LogP contribution in [0, 0.1) is 17.2 Å². The van der Waals surface area contributed by atoms with Gasteiger partial charge in [-0.2, -0.15) is 10.4 Å². The highest BCUT2D eigenvalue weighted by Crippen LogP contribution is 2.43. The van der Waals surface area contributed by atoms with Gasteiger partial charge < -0.3 is 19.9 Å². The molecule has 1 saturated heterocycles.